The van der Waals surface area contributed by atoms with Gasteiger partial charge in [0.1, 0.15) is 12.4 Å². The van der Waals surface area contributed by atoms with Crippen LogP contribution in [-0.2, 0) is 11.3 Å². The summed E-state index contributed by atoms with van der Waals surface area (Å²) in [5, 5.41) is 7.45. The van der Waals surface area contributed by atoms with E-state index < -0.39 is 5.97 Å². The van der Waals surface area contributed by atoms with Gasteiger partial charge in [-0.25, -0.2) is 4.79 Å². The number of carbonyl (C=O) groups excluding carboxylic acids is 1. The van der Waals surface area contributed by atoms with E-state index in [1.807, 2.05) is 48.5 Å². The fraction of sp³-hybridized carbons (Fsp3) is 0.125. The highest BCUT2D eigenvalue weighted by molar-refractivity contribution is 6.04. The SMILES string of the molecule is COC(=O)c1n[nH]c2cccc(OCc3ccccc3)c12. The van der Waals surface area contributed by atoms with E-state index in [-0.39, 0.29) is 5.69 Å². The number of benzene rings is 2. The number of carbonyl (C=O) groups is 1. The van der Waals surface area contributed by atoms with E-state index in [0.717, 1.165) is 11.1 Å². The molecule has 5 nitrogen and oxygen atoms in total. The largest absolute Gasteiger partial charge is 0.488 e. The van der Waals surface area contributed by atoms with Gasteiger partial charge in [0.15, 0.2) is 5.69 Å². The van der Waals surface area contributed by atoms with Crippen LogP contribution in [0.3, 0.4) is 0 Å². The van der Waals surface area contributed by atoms with E-state index >= 15 is 0 Å². The summed E-state index contributed by atoms with van der Waals surface area (Å²) in [4.78, 5) is 11.8. The standard InChI is InChI=1S/C16H14N2O3/c1-20-16(19)15-14-12(17-18-15)8-5-9-13(14)21-10-11-6-3-2-4-7-11/h2-9H,10H2,1H3,(H,17,18). The van der Waals surface area contributed by atoms with Crippen LogP contribution in [0.1, 0.15) is 16.1 Å². The van der Waals surface area contributed by atoms with Gasteiger partial charge < -0.3 is 9.47 Å². The van der Waals surface area contributed by atoms with Crippen LogP contribution in [0.5, 0.6) is 5.75 Å². The van der Waals surface area contributed by atoms with Gasteiger partial charge in [-0.2, -0.15) is 5.10 Å². The Morgan fingerprint density at radius 2 is 1.95 bits per heavy atom. The highest BCUT2D eigenvalue weighted by atomic mass is 16.5. The lowest BCUT2D eigenvalue weighted by Crippen LogP contribution is -2.03. The number of nitrogens with one attached hydrogen (secondary N) is 1. The zero-order valence-corrected chi connectivity index (χ0v) is 11.5. The summed E-state index contributed by atoms with van der Waals surface area (Å²) in [6.07, 6.45) is 0. The van der Waals surface area contributed by atoms with E-state index in [1.54, 1.807) is 0 Å². The number of aromatic nitrogens is 2. The number of H-pyrrole nitrogens is 1. The lowest BCUT2D eigenvalue weighted by Gasteiger charge is -2.08. The maximum absolute atomic E-state index is 11.8. The number of hydrogen-bond acceptors (Lipinski definition) is 4. The highest BCUT2D eigenvalue weighted by Crippen LogP contribution is 2.28. The van der Waals surface area contributed by atoms with Gasteiger partial charge in [0.2, 0.25) is 0 Å². The molecule has 3 rings (SSSR count). The van der Waals surface area contributed by atoms with Crippen molar-refractivity contribution < 1.29 is 14.3 Å². The molecule has 5 heteroatoms. The van der Waals surface area contributed by atoms with Gasteiger partial charge in [-0.1, -0.05) is 36.4 Å². The van der Waals surface area contributed by atoms with Crippen LogP contribution in [0.4, 0.5) is 0 Å². The van der Waals surface area contributed by atoms with Gasteiger partial charge in [0.25, 0.3) is 0 Å². The molecule has 3 aromatic rings. The van der Waals surface area contributed by atoms with Crippen molar-refractivity contribution in [3.8, 4) is 5.75 Å². The van der Waals surface area contributed by atoms with Crippen molar-refractivity contribution in [3.05, 3.63) is 59.8 Å². The van der Waals surface area contributed by atoms with Crippen LogP contribution < -0.4 is 4.74 Å². The topological polar surface area (TPSA) is 64.2 Å². The molecule has 0 aliphatic carbocycles. The van der Waals surface area contributed by atoms with Gasteiger partial charge >= 0.3 is 5.97 Å². The zero-order chi connectivity index (χ0) is 14.7. The minimum atomic E-state index is -0.489. The van der Waals surface area contributed by atoms with Gasteiger partial charge in [-0.3, -0.25) is 5.10 Å². The summed E-state index contributed by atoms with van der Waals surface area (Å²) in [7, 11) is 1.33. The quantitative estimate of drug-likeness (QED) is 0.747. The Morgan fingerprint density at radius 1 is 1.14 bits per heavy atom. The Balaban J connectivity index is 1.94. The number of nitrogens with zero attached hydrogens (tertiary/aromatic N) is 1. The van der Waals surface area contributed by atoms with E-state index in [1.165, 1.54) is 7.11 Å². The molecule has 0 fully saturated rings. The first-order valence-corrected chi connectivity index (χ1v) is 6.51. The Morgan fingerprint density at radius 3 is 2.71 bits per heavy atom. The van der Waals surface area contributed by atoms with Crippen LogP contribution in [0, 0.1) is 0 Å². The monoisotopic (exact) mass is 282 g/mol. The molecule has 21 heavy (non-hydrogen) atoms. The molecule has 0 radical (unpaired) electrons. The number of fused-ring (bicyclic) bond motifs is 1. The molecule has 0 amide bonds. The molecule has 1 N–H and O–H groups in total. The minimum Gasteiger partial charge on any atom is -0.488 e. The summed E-state index contributed by atoms with van der Waals surface area (Å²) in [5.74, 6) is 0.113. The van der Waals surface area contributed by atoms with Crippen molar-refractivity contribution in [2.45, 2.75) is 6.61 Å². The minimum absolute atomic E-state index is 0.233. The Kier molecular flexibility index (Phi) is 3.55. The van der Waals surface area contributed by atoms with Gasteiger partial charge in [-0.05, 0) is 17.7 Å². The van der Waals surface area contributed by atoms with Crippen molar-refractivity contribution in [2.24, 2.45) is 0 Å². The first kappa shape index (κ1) is 13.2. The smallest absolute Gasteiger partial charge is 0.359 e. The molecular weight excluding hydrogens is 268 g/mol. The number of esters is 1. The summed E-state index contributed by atoms with van der Waals surface area (Å²) in [6.45, 7) is 0.422. The van der Waals surface area contributed by atoms with Gasteiger partial charge in [0.05, 0.1) is 18.0 Å². The van der Waals surface area contributed by atoms with E-state index in [2.05, 4.69) is 10.2 Å². The molecule has 0 saturated carbocycles. The van der Waals surface area contributed by atoms with Crippen LogP contribution >= 0.6 is 0 Å². The number of hydrogen-bond donors (Lipinski definition) is 1. The average molecular weight is 282 g/mol. The molecule has 0 aliphatic heterocycles. The van der Waals surface area contributed by atoms with Crippen LogP contribution in [-0.4, -0.2) is 23.3 Å². The number of rotatable bonds is 4. The zero-order valence-electron chi connectivity index (χ0n) is 11.5. The fourth-order valence-corrected chi connectivity index (χ4v) is 2.14. The predicted molar refractivity (Wildman–Crippen MR) is 78.2 cm³/mol. The van der Waals surface area contributed by atoms with Crippen molar-refractivity contribution in [1.82, 2.24) is 10.2 Å². The van der Waals surface area contributed by atoms with E-state index in [0.29, 0.717) is 17.7 Å². The molecule has 1 aromatic heterocycles. The summed E-state index contributed by atoms with van der Waals surface area (Å²) < 4.78 is 10.6. The lowest BCUT2D eigenvalue weighted by molar-refractivity contribution is 0.0596. The molecule has 0 atom stereocenters. The summed E-state index contributed by atoms with van der Waals surface area (Å²) >= 11 is 0. The molecule has 0 unspecified atom stereocenters. The van der Waals surface area contributed by atoms with Crippen LogP contribution in [0.2, 0.25) is 0 Å². The van der Waals surface area contributed by atoms with Gasteiger partial charge in [-0.15, -0.1) is 0 Å². The Hall–Kier alpha value is -2.82. The van der Waals surface area contributed by atoms with Gasteiger partial charge in [0, 0.05) is 0 Å². The highest BCUT2D eigenvalue weighted by Gasteiger charge is 2.18. The molecule has 0 spiro atoms. The third-order valence-electron chi connectivity index (χ3n) is 3.17. The predicted octanol–water partition coefficient (Wildman–Crippen LogP) is 2.93. The first-order chi connectivity index (χ1) is 10.3. The Labute approximate surface area is 121 Å². The van der Waals surface area contributed by atoms with Crippen LogP contribution in [0.15, 0.2) is 48.5 Å². The summed E-state index contributed by atoms with van der Waals surface area (Å²) in [6, 6.07) is 15.3. The third-order valence-corrected chi connectivity index (χ3v) is 3.17. The van der Waals surface area contributed by atoms with E-state index in [9.17, 15) is 4.79 Å². The molecule has 0 saturated heterocycles. The normalized spacial score (nSPS) is 10.5. The molecule has 1 heterocycles. The maximum Gasteiger partial charge on any atom is 0.359 e. The molecule has 0 aliphatic rings. The average Bonchev–Trinajstić information content (AvgIpc) is 2.98. The second-order valence-electron chi connectivity index (χ2n) is 4.52. The number of aromatic amines is 1. The molecular formula is C16H14N2O3. The lowest BCUT2D eigenvalue weighted by atomic mass is 10.2. The fourth-order valence-electron chi connectivity index (χ4n) is 2.14. The Bertz CT molecular complexity index is 766. The first-order valence-electron chi connectivity index (χ1n) is 6.51. The number of ether oxygens (including phenoxy) is 2. The second-order valence-corrected chi connectivity index (χ2v) is 4.52. The van der Waals surface area contributed by atoms with Crippen molar-refractivity contribution in [1.29, 1.82) is 0 Å². The molecule has 2 aromatic carbocycles. The summed E-state index contributed by atoms with van der Waals surface area (Å²) in [5.41, 5.74) is 2.02. The van der Waals surface area contributed by atoms with Crippen molar-refractivity contribution in [2.75, 3.05) is 7.11 Å². The van der Waals surface area contributed by atoms with Crippen molar-refractivity contribution >= 4 is 16.9 Å². The van der Waals surface area contributed by atoms with Crippen LogP contribution in [0.25, 0.3) is 10.9 Å². The molecule has 106 valence electrons. The molecule has 0 bridgehead atoms. The van der Waals surface area contributed by atoms with Crippen molar-refractivity contribution in [3.63, 3.8) is 0 Å². The maximum atomic E-state index is 11.8. The third kappa shape index (κ3) is 2.58. The van der Waals surface area contributed by atoms with E-state index in [4.69, 9.17) is 9.47 Å². The second kappa shape index (κ2) is 5.66. The number of methoxy groups -OCH3 is 1.